The first kappa shape index (κ1) is 16.8. The van der Waals surface area contributed by atoms with E-state index in [1.165, 1.54) is 36.2 Å². The number of halogens is 1. The van der Waals surface area contributed by atoms with Gasteiger partial charge in [0.05, 0.1) is 17.4 Å². The maximum Gasteiger partial charge on any atom is 0.274 e. The van der Waals surface area contributed by atoms with E-state index in [0.29, 0.717) is 22.1 Å². The van der Waals surface area contributed by atoms with Crippen molar-refractivity contribution in [3.63, 3.8) is 0 Å². The number of carbonyl (C=O) groups is 1. The van der Waals surface area contributed by atoms with Crippen LogP contribution in [-0.2, 0) is 5.54 Å². The molecule has 0 saturated heterocycles. The summed E-state index contributed by atoms with van der Waals surface area (Å²) in [6, 6.07) is 7.68. The van der Waals surface area contributed by atoms with Gasteiger partial charge in [0.2, 0.25) is 0 Å². The van der Waals surface area contributed by atoms with Crippen LogP contribution in [0.3, 0.4) is 0 Å². The lowest BCUT2D eigenvalue weighted by atomic mass is 10.0. The Hall–Kier alpha value is -2.61. The highest BCUT2D eigenvalue weighted by atomic mass is 32.2. The number of amidine groups is 1. The molecule has 8 heteroatoms. The Morgan fingerprint density at radius 2 is 2.15 bits per heavy atom. The van der Waals surface area contributed by atoms with Gasteiger partial charge in [0.25, 0.3) is 5.91 Å². The van der Waals surface area contributed by atoms with Crippen LogP contribution in [0.4, 0.5) is 15.8 Å². The zero-order valence-electron chi connectivity index (χ0n) is 13.9. The van der Waals surface area contributed by atoms with Gasteiger partial charge >= 0.3 is 0 Å². The zero-order chi connectivity index (χ0) is 18.3. The van der Waals surface area contributed by atoms with Crippen molar-refractivity contribution in [2.75, 3.05) is 16.8 Å². The van der Waals surface area contributed by atoms with Crippen LogP contribution in [0.1, 0.15) is 28.9 Å². The lowest BCUT2D eigenvalue weighted by Gasteiger charge is -2.15. The second-order valence-corrected chi connectivity index (χ2v) is 7.65. The molecule has 2 heterocycles. The van der Waals surface area contributed by atoms with Gasteiger partial charge in [-0.25, -0.2) is 9.37 Å². The predicted octanol–water partition coefficient (Wildman–Crippen LogP) is 2.72. The van der Waals surface area contributed by atoms with Gasteiger partial charge in [-0.15, -0.1) is 0 Å². The standard InChI is InChI=1S/C18H18FN5OS/c19-14-3-2-12(23-16(25)15-4-1-11(20)9-22-15)7-13(14)18-8-10(18)5-6-26-17(21)24-18/h1-4,7,9-10H,5-6,8,20H2,(H2,21,24)(H,23,25)/t10-,18+/m1/s1. The van der Waals surface area contributed by atoms with Crippen molar-refractivity contribution in [1.29, 1.82) is 0 Å². The first-order valence-electron chi connectivity index (χ1n) is 8.29. The molecule has 6 nitrogen and oxygen atoms in total. The van der Waals surface area contributed by atoms with E-state index in [1.807, 2.05) is 0 Å². The van der Waals surface area contributed by atoms with E-state index in [9.17, 15) is 9.18 Å². The first-order valence-corrected chi connectivity index (χ1v) is 9.27. The molecule has 134 valence electrons. The van der Waals surface area contributed by atoms with Crippen LogP contribution in [0, 0.1) is 11.7 Å². The van der Waals surface area contributed by atoms with E-state index in [-0.39, 0.29) is 23.3 Å². The van der Waals surface area contributed by atoms with Gasteiger partial charge in [0.1, 0.15) is 11.5 Å². The molecule has 1 aromatic carbocycles. The van der Waals surface area contributed by atoms with Crippen LogP contribution in [0.5, 0.6) is 0 Å². The van der Waals surface area contributed by atoms with Crippen molar-refractivity contribution in [2.45, 2.75) is 18.4 Å². The summed E-state index contributed by atoms with van der Waals surface area (Å²) >= 11 is 1.50. The number of nitrogens with two attached hydrogens (primary N) is 2. The average Bonchev–Trinajstić information content (AvgIpc) is 3.31. The third-order valence-corrected chi connectivity index (χ3v) is 5.64. The van der Waals surface area contributed by atoms with Crippen molar-refractivity contribution < 1.29 is 9.18 Å². The van der Waals surface area contributed by atoms with Crippen molar-refractivity contribution in [1.82, 2.24) is 4.98 Å². The summed E-state index contributed by atoms with van der Waals surface area (Å²) in [5.41, 5.74) is 12.6. The molecule has 1 saturated carbocycles. The Morgan fingerprint density at radius 1 is 1.31 bits per heavy atom. The fraction of sp³-hybridized carbons (Fsp3) is 0.278. The van der Waals surface area contributed by atoms with Crippen molar-refractivity contribution in [3.8, 4) is 0 Å². The molecule has 0 bridgehead atoms. The van der Waals surface area contributed by atoms with E-state index >= 15 is 0 Å². The van der Waals surface area contributed by atoms with Gasteiger partial charge in [-0.3, -0.25) is 9.79 Å². The van der Waals surface area contributed by atoms with Crippen molar-refractivity contribution in [3.05, 3.63) is 53.6 Å². The van der Waals surface area contributed by atoms with Crippen LogP contribution in [0.2, 0.25) is 0 Å². The molecule has 1 aliphatic heterocycles. The summed E-state index contributed by atoms with van der Waals surface area (Å²) < 4.78 is 14.5. The van der Waals surface area contributed by atoms with Crippen LogP contribution in [-0.4, -0.2) is 21.8 Å². The number of nitrogens with one attached hydrogen (secondary N) is 1. The number of fused-ring (bicyclic) bond motifs is 1. The summed E-state index contributed by atoms with van der Waals surface area (Å²) in [6.07, 6.45) is 3.14. The molecule has 0 unspecified atom stereocenters. The van der Waals surface area contributed by atoms with Crippen LogP contribution >= 0.6 is 11.8 Å². The normalized spacial score (nSPS) is 24.2. The average molecular weight is 371 g/mol. The predicted molar refractivity (Wildman–Crippen MR) is 101 cm³/mol. The number of rotatable bonds is 3. The van der Waals surface area contributed by atoms with E-state index in [4.69, 9.17) is 11.5 Å². The Kier molecular flexibility index (Phi) is 4.07. The monoisotopic (exact) mass is 371 g/mol. The number of amides is 1. The molecule has 2 atom stereocenters. The Labute approximate surface area is 154 Å². The highest BCUT2D eigenvalue weighted by molar-refractivity contribution is 8.13. The highest BCUT2D eigenvalue weighted by Gasteiger charge is 2.57. The number of benzene rings is 1. The number of pyridine rings is 1. The molecule has 1 aromatic heterocycles. The minimum Gasteiger partial charge on any atom is -0.397 e. The number of nitrogen functional groups attached to an aromatic ring is 1. The second-order valence-electron chi connectivity index (χ2n) is 6.54. The Morgan fingerprint density at radius 3 is 2.92 bits per heavy atom. The number of anilines is 2. The third kappa shape index (κ3) is 3.01. The lowest BCUT2D eigenvalue weighted by molar-refractivity contribution is 0.102. The smallest absolute Gasteiger partial charge is 0.274 e. The number of carbonyl (C=O) groups excluding carboxylic acids is 1. The van der Waals surface area contributed by atoms with Crippen molar-refractivity contribution in [2.24, 2.45) is 16.6 Å². The largest absolute Gasteiger partial charge is 0.397 e. The van der Waals surface area contributed by atoms with Crippen molar-refractivity contribution >= 4 is 34.2 Å². The molecule has 1 fully saturated rings. The molecule has 0 spiro atoms. The summed E-state index contributed by atoms with van der Waals surface area (Å²) in [5, 5.41) is 3.24. The van der Waals surface area contributed by atoms with E-state index in [2.05, 4.69) is 15.3 Å². The number of nitrogens with zero attached hydrogens (tertiary/aromatic N) is 2. The summed E-state index contributed by atoms with van der Waals surface area (Å²) in [7, 11) is 0. The van der Waals surface area contributed by atoms with E-state index in [1.54, 1.807) is 12.1 Å². The maximum absolute atomic E-state index is 14.5. The number of aromatic nitrogens is 1. The highest BCUT2D eigenvalue weighted by Crippen LogP contribution is 2.59. The van der Waals surface area contributed by atoms with Gasteiger partial charge < -0.3 is 16.8 Å². The summed E-state index contributed by atoms with van der Waals surface area (Å²) in [6.45, 7) is 0. The quantitative estimate of drug-likeness (QED) is 0.769. The lowest BCUT2D eigenvalue weighted by Crippen LogP contribution is -2.17. The topological polar surface area (TPSA) is 106 Å². The molecule has 0 radical (unpaired) electrons. The van der Waals surface area contributed by atoms with Gasteiger partial charge in [0, 0.05) is 17.0 Å². The van der Waals surface area contributed by atoms with Crippen LogP contribution in [0.15, 0.2) is 41.5 Å². The fourth-order valence-corrected chi connectivity index (χ4v) is 4.23. The SMILES string of the molecule is NC1=N[C@@]2(c3cc(NC(=O)c4ccc(N)cn4)ccc3F)C[C@H]2CCS1. The molecule has 1 amide bonds. The molecule has 4 rings (SSSR count). The third-order valence-electron chi connectivity index (χ3n) is 4.81. The Bertz CT molecular complexity index is 901. The second kappa shape index (κ2) is 6.28. The minimum absolute atomic E-state index is 0.237. The zero-order valence-corrected chi connectivity index (χ0v) is 14.7. The molecular weight excluding hydrogens is 353 g/mol. The van der Waals surface area contributed by atoms with Crippen LogP contribution in [0.25, 0.3) is 0 Å². The maximum atomic E-state index is 14.5. The molecule has 26 heavy (non-hydrogen) atoms. The van der Waals surface area contributed by atoms with Gasteiger partial charge in [0.15, 0.2) is 5.17 Å². The molecule has 2 aliphatic rings. The van der Waals surface area contributed by atoms with Crippen LogP contribution < -0.4 is 16.8 Å². The molecule has 5 N–H and O–H groups in total. The fourth-order valence-electron chi connectivity index (χ4n) is 3.39. The minimum atomic E-state index is -0.599. The number of hydrogen-bond donors (Lipinski definition) is 3. The number of aliphatic imine (C=N–C) groups is 1. The molecule has 2 aromatic rings. The van der Waals surface area contributed by atoms with Gasteiger partial charge in [-0.05, 0) is 49.1 Å². The summed E-state index contributed by atoms with van der Waals surface area (Å²) in [4.78, 5) is 20.9. The van der Waals surface area contributed by atoms with Gasteiger partial charge in [-0.2, -0.15) is 0 Å². The molecular formula is C18H18FN5OS. The van der Waals surface area contributed by atoms with E-state index in [0.717, 1.165) is 18.6 Å². The Balaban J connectivity index is 1.62. The molecule has 1 aliphatic carbocycles. The van der Waals surface area contributed by atoms with E-state index < -0.39 is 5.54 Å². The number of hydrogen-bond acceptors (Lipinski definition) is 6. The number of thioether (sulfide) groups is 1. The summed E-state index contributed by atoms with van der Waals surface area (Å²) in [5.74, 6) is 0.462. The first-order chi connectivity index (χ1) is 12.5. The van der Waals surface area contributed by atoms with Gasteiger partial charge in [-0.1, -0.05) is 11.8 Å².